The van der Waals surface area contributed by atoms with Crippen LogP contribution in [0.1, 0.15) is 11.3 Å². The number of halogens is 4. The molecule has 1 aromatic carbocycles. The predicted octanol–water partition coefficient (Wildman–Crippen LogP) is 3.26. The Bertz CT molecular complexity index is 847. The Morgan fingerprint density at radius 1 is 1.17 bits per heavy atom. The molecule has 9 heteroatoms. The maximum absolute atomic E-state index is 13.1. The molecular formula is C15H13F3IN5. The summed E-state index contributed by atoms with van der Waals surface area (Å²) in [5.74, 6) is 0. The zero-order valence-corrected chi connectivity index (χ0v) is 14.8. The maximum atomic E-state index is 13.1. The second-order valence-corrected chi connectivity index (χ2v) is 6.17. The Morgan fingerprint density at radius 3 is 2.54 bits per heavy atom. The zero-order chi connectivity index (χ0) is 17.3. The number of imidazole rings is 1. The van der Waals surface area contributed by atoms with E-state index in [2.05, 4.69) is 15.0 Å². The van der Waals surface area contributed by atoms with E-state index in [1.165, 1.54) is 0 Å². The van der Waals surface area contributed by atoms with Crippen LogP contribution in [-0.4, -0.2) is 33.2 Å². The highest BCUT2D eigenvalue weighted by Gasteiger charge is 2.37. The molecular weight excluding hydrogens is 434 g/mol. The first-order valence-corrected chi connectivity index (χ1v) is 8.17. The molecule has 0 atom stereocenters. The number of hydrogen-bond donors (Lipinski definition) is 0. The molecule has 3 aromatic rings. The van der Waals surface area contributed by atoms with Crippen LogP contribution in [0.4, 0.5) is 13.2 Å². The molecule has 0 radical (unpaired) electrons. The highest BCUT2D eigenvalue weighted by molar-refractivity contribution is 14.1. The standard InChI is InChI=1S/C15H13F3IN5/c1-23(8-7-10-5-3-2-4-6-10)24-13-11(22-14(24)19)12(15(16,17)18)20-9-21-13/h2-6,9H,7-8H2,1H3. The van der Waals surface area contributed by atoms with E-state index in [9.17, 15) is 13.2 Å². The Labute approximate surface area is 149 Å². The van der Waals surface area contributed by atoms with Crippen molar-refractivity contribution in [2.75, 3.05) is 18.6 Å². The lowest BCUT2D eigenvalue weighted by atomic mass is 10.1. The number of likely N-dealkylation sites (N-methyl/N-ethyl adjacent to an activating group) is 1. The molecule has 24 heavy (non-hydrogen) atoms. The van der Waals surface area contributed by atoms with Gasteiger partial charge in [0.2, 0.25) is 0 Å². The third kappa shape index (κ3) is 3.30. The minimum atomic E-state index is -4.56. The van der Waals surface area contributed by atoms with Crippen molar-refractivity contribution in [2.45, 2.75) is 12.6 Å². The van der Waals surface area contributed by atoms with Crippen LogP contribution >= 0.6 is 22.6 Å². The third-order valence-electron chi connectivity index (χ3n) is 3.56. The maximum Gasteiger partial charge on any atom is 0.435 e. The number of nitrogens with zero attached hydrogens (tertiary/aromatic N) is 5. The molecule has 0 N–H and O–H groups in total. The molecule has 126 valence electrons. The van der Waals surface area contributed by atoms with Crippen molar-refractivity contribution >= 4 is 33.8 Å². The predicted molar refractivity (Wildman–Crippen MR) is 92.2 cm³/mol. The summed E-state index contributed by atoms with van der Waals surface area (Å²) >= 11 is 1.90. The van der Waals surface area contributed by atoms with Crippen molar-refractivity contribution in [3.63, 3.8) is 0 Å². The summed E-state index contributed by atoms with van der Waals surface area (Å²) < 4.78 is 41.2. The van der Waals surface area contributed by atoms with E-state index in [1.54, 1.807) is 16.7 Å². The lowest BCUT2D eigenvalue weighted by molar-refractivity contribution is -0.140. The monoisotopic (exact) mass is 447 g/mol. The summed E-state index contributed by atoms with van der Waals surface area (Å²) in [4.78, 5) is 11.4. The first-order chi connectivity index (χ1) is 11.4. The van der Waals surface area contributed by atoms with Gasteiger partial charge in [0.1, 0.15) is 11.8 Å². The van der Waals surface area contributed by atoms with Crippen LogP contribution in [0.5, 0.6) is 0 Å². The van der Waals surface area contributed by atoms with Gasteiger partial charge in [-0.05, 0) is 12.0 Å². The average molecular weight is 447 g/mol. The molecule has 2 aromatic heterocycles. The van der Waals surface area contributed by atoms with Gasteiger partial charge in [0.15, 0.2) is 15.2 Å². The number of fused-ring (bicyclic) bond motifs is 1. The molecule has 3 rings (SSSR count). The van der Waals surface area contributed by atoms with Gasteiger partial charge in [-0.2, -0.15) is 13.2 Å². The molecule has 0 fully saturated rings. The van der Waals surface area contributed by atoms with Crippen LogP contribution in [-0.2, 0) is 12.6 Å². The van der Waals surface area contributed by atoms with E-state index in [4.69, 9.17) is 0 Å². The first kappa shape index (κ1) is 16.9. The lowest BCUT2D eigenvalue weighted by Gasteiger charge is -2.21. The van der Waals surface area contributed by atoms with E-state index in [-0.39, 0.29) is 11.2 Å². The lowest BCUT2D eigenvalue weighted by Crippen LogP contribution is -2.33. The van der Waals surface area contributed by atoms with Gasteiger partial charge in [0.25, 0.3) is 0 Å². The second-order valence-electron chi connectivity index (χ2n) is 5.20. The van der Waals surface area contributed by atoms with Gasteiger partial charge in [-0.25, -0.2) is 19.6 Å². The topological polar surface area (TPSA) is 46.8 Å². The van der Waals surface area contributed by atoms with E-state index < -0.39 is 11.9 Å². The smallest absolute Gasteiger partial charge is 0.312 e. The van der Waals surface area contributed by atoms with Gasteiger partial charge >= 0.3 is 6.18 Å². The molecule has 2 heterocycles. The van der Waals surface area contributed by atoms with Gasteiger partial charge in [-0.3, -0.25) is 0 Å². The molecule has 0 saturated carbocycles. The third-order valence-corrected chi connectivity index (χ3v) is 4.26. The Balaban J connectivity index is 1.93. The minimum Gasteiger partial charge on any atom is -0.312 e. The summed E-state index contributed by atoms with van der Waals surface area (Å²) in [6, 6.07) is 9.86. The highest BCUT2D eigenvalue weighted by Crippen LogP contribution is 2.32. The normalized spacial score (nSPS) is 11.9. The summed E-state index contributed by atoms with van der Waals surface area (Å²) in [6.45, 7) is 0.608. The summed E-state index contributed by atoms with van der Waals surface area (Å²) in [5, 5.41) is 1.80. The van der Waals surface area contributed by atoms with Gasteiger partial charge in [0, 0.05) is 36.2 Å². The zero-order valence-electron chi connectivity index (χ0n) is 12.6. The summed E-state index contributed by atoms with van der Waals surface area (Å²) in [7, 11) is 1.79. The fourth-order valence-corrected chi connectivity index (χ4v) is 3.24. The first-order valence-electron chi connectivity index (χ1n) is 7.09. The number of rotatable bonds is 4. The Morgan fingerprint density at radius 2 is 1.88 bits per heavy atom. The van der Waals surface area contributed by atoms with E-state index in [1.807, 2.05) is 52.9 Å². The van der Waals surface area contributed by atoms with Crippen molar-refractivity contribution < 1.29 is 13.2 Å². The fraction of sp³-hybridized carbons (Fsp3) is 0.267. The van der Waals surface area contributed by atoms with Gasteiger partial charge < -0.3 is 5.01 Å². The number of aromatic nitrogens is 4. The quantitative estimate of drug-likeness (QED) is 0.455. The van der Waals surface area contributed by atoms with Crippen LogP contribution in [0.2, 0.25) is 0 Å². The molecule has 5 nitrogen and oxygen atoms in total. The summed E-state index contributed by atoms with van der Waals surface area (Å²) in [6.07, 6.45) is -2.89. The van der Waals surface area contributed by atoms with Crippen LogP contribution in [0.3, 0.4) is 0 Å². The number of hydrogen-bond acceptors (Lipinski definition) is 4. The van der Waals surface area contributed by atoms with Crippen molar-refractivity contribution in [2.24, 2.45) is 0 Å². The van der Waals surface area contributed by atoms with Crippen molar-refractivity contribution in [3.05, 3.63) is 51.7 Å². The van der Waals surface area contributed by atoms with E-state index in [0.717, 1.165) is 18.3 Å². The van der Waals surface area contributed by atoms with Gasteiger partial charge in [-0.1, -0.05) is 30.3 Å². The number of benzene rings is 1. The SMILES string of the molecule is CN(CCc1ccccc1)n1c(I)nc2c(C(F)(F)F)ncnc21. The largest absolute Gasteiger partial charge is 0.435 e. The van der Waals surface area contributed by atoms with Crippen LogP contribution in [0.15, 0.2) is 36.7 Å². The molecule has 0 aliphatic heterocycles. The molecule has 0 aliphatic rings. The van der Waals surface area contributed by atoms with Crippen LogP contribution < -0.4 is 5.01 Å². The molecule has 0 unspecified atom stereocenters. The van der Waals surface area contributed by atoms with Crippen molar-refractivity contribution in [1.29, 1.82) is 0 Å². The van der Waals surface area contributed by atoms with Crippen LogP contribution in [0, 0.1) is 3.83 Å². The number of alkyl halides is 3. The molecule has 0 amide bonds. The average Bonchev–Trinajstić information content (AvgIpc) is 2.88. The fourth-order valence-electron chi connectivity index (χ4n) is 2.40. The Kier molecular flexibility index (Phi) is 4.61. The van der Waals surface area contributed by atoms with Gasteiger partial charge in [0.05, 0.1) is 0 Å². The van der Waals surface area contributed by atoms with Gasteiger partial charge in [-0.15, -0.1) is 0 Å². The Hall–Kier alpha value is -1.91. The van der Waals surface area contributed by atoms with E-state index in [0.29, 0.717) is 10.4 Å². The molecule has 0 spiro atoms. The van der Waals surface area contributed by atoms with Crippen molar-refractivity contribution in [1.82, 2.24) is 19.6 Å². The molecule has 0 bridgehead atoms. The summed E-state index contributed by atoms with van der Waals surface area (Å²) in [5.41, 5.74) is 0.0493. The minimum absolute atomic E-state index is 0.150. The second kappa shape index (κ2) is 6.54. The molecule has 0 saturated heterocycles. The molecule has 0 aliphatic carbocycles. The van der Waals surface area contributed by atoms with Crippen LogP contribution in [0.25, 0.3) is 11.2 Å². The van der Waals surface area contributed by atoms with E-state index >= 15 is 0 Å². The highest BCUT2D eigenvalue weighted by atomic mass is 127. The van der Waals surface area contributed by atoms with Crippen molar-refractivity contribution in [3.8, 4) is 0 Å².